The van der Waals surface area contributed by atoms with Gasteiger partial charge in [0.2, 0.25) is 0 Å². The fourth-order valence-corrected chi connectivity index (χ4v) is 5.01. The van der Waals surface area contributed by atoms with Crippen LogP contribution < -0.4 is 16.0 Å². The van der Waals surface area contributed by atoms with Gasteiger partial charge in [-0.3, -0.25) is 9.78 Å². The summed E-state index contributed by atoms with van der Waals surface area (Å²) in [6.45, 7) is 4.12. The van der Waals surface area contributed by atoms with E-state index in [1.807, 2.05) is 0 Å². The zero-order chi connectivity index (χ0) is 22.5. The van der Waals surface area contributed by atoms with Gasteiger partial charge in [0.25, 0.3) is 11.0 Å². The number of nitrogens with zero attached hydrogens (tertiary/aromatic N) is 3. The van der Waals surface area contributed by atoms with Gasteiger partial charge >= 0.3 is 12.2 Å². The number of primary amides is 2. The lowest BCUT2D eigenvalue weighted by molar-refractivity contribution is -0.181. The van der Waals surface area contributed by atoms with Crippen LogP contribution in [0.25, 0.3) is 10.4 Å². The first-order valence-corrected chi connectivity index (χ1v) is 10.1. The molecule has 1 aliphatic rings. The van der Waals surface area contributed by atoms with Gasteiger partial charge in [0, 0.05) is 19.0 Å². The van der Waals surface area contributed by atoms with Crippen LogP contribution in [0.15, 0.2) is 18.3 Å². The average Bonchev–Trinajstić information content (AvgIpc) is 3.25. The second kappa shape index (κ2) is 7.31. The van der Waals surface area contributed by atoms with E-state index >= 15 is 0 Å². The maximum atomic E-state index is 13.5. The first-order chi connectivity index (χ1) is 13.8. The second-order valence-electron chi connectivity index (χ2n) is 7.95. The number of amides is 3. The maximum absolute atomic E-state index is 13.5. The van der Waals surface area contributed by atoms with E-state index < -0.39 is 34.1 Å². The van der Waals surface area contributed by atoms with E-state index in [0.717, 1.165) is 25.2 Å². The Hall–Kier alpha value is -2.53. The van der Waals surface area contributed by atoms with Crippen LogP contribution in [-0.4, -0.2) is 40.7 Å². The van der Waals surface area contributed by atoms with Crippen molar-refractivity contribution in [2.45, 2.75) is 51.2 Å². The number of aromatic nitrogens is 2. The highest BCUT2D eigenvalue weighted by atomic mass is 32.1. The first kappa shape index (κ1) is 22.2. The number of urea groups is 1. The monoisotopic (exact) mass is 442 g/mol. The molecule has 11 heteroatoms. The second-order valence-corrected chi connectivity index (χ2v) is 8.93. The van der Waals surface area contributed by atoms with Crippen LogP contribution in [0.3, 0.4) is 0 Å². The molecule has 0 radical (unpaired) electrons. The van der Waals surface area contributed by atoms with Gasteiger partial charge in [0.15, 0.2) is 6.04 Å². The smallest absolute Gasteiger partial charge is 0.364 e. The van der Waals surface area contributed by atoms with Gasteiger partial charge in [-0.25, -0.2) is 4.79 Å². The van der Waals surface area contributed by atoms with Crippen molar-refractivity contribution in [3.8, 4) is 10.4 Å². The number of thiazole rings is 1. The summed E-state index contributed by atoms with van der Waals surface area (Å²) in [6.07, 6.45) is -2.18. The number of nitrogens with two attached hydrogens (primary N) is 2. The van der Waals surface area contributed by atoms with E-state index in [9.17, 15) is 22.8 Å². The molecule has 0 bridgehead atoms. The van der Waals surface area contributed by atoms with E-state index in [4.69, 9.17) is 11.5 Å². The molecular formula is C19H23F3N5O2S+. The van der Waals surface area contributed by atoms with E-state index in [0.29, 0.717) is 34.1 Å². The van der Waals surface area contributed by atoms with E-state index in [-0.39, 0.29) is 12.2 Å². The molecule has 2 aromatic heterocycles. The Bertz CT molecular complexity index is 1000. The fourth-order valence-electron chi connectivity index (χ4n) is 3.74. The number of pyridine rings is 1. The molecule has 1 aliphatic heterocycles. The van der Waals surface area contributed by atoms with Crippen LogP contribution in [-0.2, 0) is 10.2 Å². The summed E-state index contributed by atoms with van der Waals surface area (Å²) >= 11 is 1.13. The van der Waals surface area contributed by atoms with E-state index in [1.54, 1.807) is 13.0 Å². The van der Waals surface area contributed by atoms with Crippen LogP contribution in [0, 0.1) is 6.92 Å². The first-order valence-electron chi connectivity index (χ1n) is 9.31. The Kier molecular flexibility index (Phi) is 5.40. The number of quaternary nitrogens is 1. The number of rotatable bonds is 4. The highest BCUT2D eigenvalue weighted by Crippen LogP contribution is 2.44. The number of halogens is 3. The average molecular weight is 442 g/mol. The summed E-state index contributed by atoms with van der Waals surface area (Å²) in [4.78, 5) is 33.4. The van der Waals surface area contributed by atoms with Crippen molar-refractivity contribution in [3.63, 3.8) is 0 Å². The molecule has 0 saturated carbocycles. The van der Waals surface area contributed by atoms with Crippen molar-refractivity contribution in [1.29, 1.82) is 0 Å². The molecular weight excluding hydrogens is 419 g/mol. The van der Waals surface area contributed by atoms with Gasteiger partial charge < -0.3 is 11.5 Å². The number of hydrogen-bond donors (Lipinski definition) is 2. The van der Waals surface area contributed by atoms with Crippen molar-refractivity contribution in [3.05, 3.63) is 29.7 Å². The largest absolute Gasteiger partial charge is 0.421 e. The van der Waals surface area contributed by atoms with Gasteiger partial charge in [-0.15, -0.1) is 0 Å². The number of carbonyl (C=O) groups excluding carboxylic acids is 2. The van der Waals surface area contributed by atoms with Gasteiger partial charge in [0.1, 0.15) is 5.41 Å². The Morgan fingerprint density at radius 1 is 1.27 bits per heavy atom. The molecule has 4 N–H and O–H groups in total. The van der Waals surface area contributed by atoms with Crippen molar-refractivity contribution in [1.82, 2.24) is 14.5 Å². The lowest BCUT2D eigenvalue weighted by atomic mass is 9.87. The topological polar surface area (TPSA) is 112 Å². The van der Waals surface area contributed by atoms with Gasteiger partial charge in [-0.05, 0) is 38.5 Å². The Morgan fingerprint density at radius 3 is 2.50 bits per heavy atom. The molecule has 0 aliphatic carbocycles. The molecule has 162 valence electrons. The minimum atomic E-state index is -4.47. The standard InChI is InChI=1S/C19H22F3N5O2S/c1-10-14(11-6-7-25-13(9-11)18(2,3)19(20,21)22)30-17(26-10)27(16(24)29)8-4-5-12(27)15(23)28/h6-7,9,12H,4-5,8H2,1-3H3,(H3-,23,24,28,29)/p+1/t12-,27?/m0/s1. The Morgan fingerprint density at radius 2 is 1.93 bits per heavy atom. The molecule has 30 heavy (non-hydrogen) atoms. The summed E-state index contributed by atoms with van der Waals surface area (Å²) in [7, 11) is 0. The molecule has 3 amide bonds. The Labute approximate surface area is 175 Å². The third kappa shape index (κ3) is 3.35. The number of likely N-dealkylation sites (tertiary alicyclic amines) is 1. The fraction of sp³-hybridized carbons (Fsp3) is 0.474. The zero-order valence-electron chi connectivity index (χ0n) is 16.8. The van der Waals surface area contributed by atoms with Gasteiger partial charge in [-0.1, -0.05) is 11.3 Å². The molecule has 7 nitrogen and oxygen atoms in total. The van der Waals surface area contributed by atoms with Crippen molar-refractivity contribution in [2.24, 2.45) is 11.5 Å². The van der Waals surface area contributed by atoms with Gasteiger partial charge in [-0.2, -0.15) is 22.6 Å². The predicted octanol–water partition coefficient (Wildman–Crippen LogP) is 3.39. The number of carbonyl (C=O) groups is 2. The van der Waals surface area contributed by atoms with Crippen LogP contribution in [0.2, 0.25) is 0 Å². The summed E-state index contributed by atoms with van der Waals surface area (Å²) in [6, 6.07) is 1.41. The molecule has 0 aromatic carbocycles. The van der Waals surface area contributed by atoms with Gasteiger partial charge in [0.05, 0.1) is 22.8 Å². The molecule has 1 unspecified atom stereocenters. The zero-order valence-corrected chi connectivity index (χ0v) is 17.6. The van der Waals surface area contributed by atoms with Crippen LogP contribution in [0.5, 0.6) is 0 Å². The lowest BCUT2D eigenvalue weighted by Crippen LogP contribution is -2.63. The van der Waals surface area contributed by atoms with Crippen LogP contribution in [0.4, 0.5) is 23.1 Å². The third-order valence-corrected chi connectivity index (χ3v) is 7.07. The summed E-state index contributed by atoms with van der Waals surface area (Å²) < 4.78 is 39.9. The molecule has 3 heterocycles. The predicted molar refractivity (Wildman–Crippen MR) is 108 cm³/mol. The van der Waals surface area contributed by atoms with Crippen molar-refractivity contribution in [2.75, 3.05) is 6.54 Å². The molecule has 2 atom stereocenters. The lowest BCUT2D eigenvalue weighted by Gasteiger charge is -2.30. The highest BCUT2D eigenvalue weighted by molar-refractivity contribution is 7.19. The number of aryl methyl sites for hydroxylation is 1. The van der Waals surface area contributed by atoms with Crippen LogP contribution >= 0.6 is 11.3 Å². The quantitative estimate of drug-likeness (QED) is 0.707. The molecule has 0 spiro atoms. The summed E-state index contributed by atoms with van der Waals surface area (Å²) in [5, 5.41) is 0.310. The van der Waals surface area contributed by atoms with E-state index in [2.05, 4.69) is 9.97 Å². The van der Waals surface area contributed by atoms with Crippen LogP contribution in [0.1, 0.15) is 38.1 Å². The molecule has 3 rings (SSSR count). The summed E-state index contributed by atoms with van der Waals surface area (Å²) in [5.74, 6) is -0.640. The third-order valence-electron chi connectivity index (χ3n) is 5.74. The number of hydrogen-bond acceptors (Lipinski definition) is 5. The minimum Gasteiger partial charge on any atom is -0.364 e. The normalized spacial score (nSPS) is 22.3. The summed E-state index contributed by atoms with van der Waals surface area (Å²) in [5.41, 5.74) is 9.94. The maximum Gasteiger partial charge on any atom is 0.421 e. The number of alkyl halides is 3. The Balaban J connectivity index is 2.11. The highest BCUT2D eigenvalue weighted by Gasteiger charge is 2.54. The van der Waals surface area contributed by atoms with Crippen molar-refractivity contribution >= 4 is 28.4 Å². The molecule has 2 aromatic rings. The minimum absolute atomic E-state index is 0.128. The van der Waals surface area contributed by atoms with E-state index in [1.165, 1.54) is 12.3 Å². The van der Waals surface area contributed by atoms with Crippen molar-refractivity contribution < 1.29 is 22.8 Å². The SMILES string of the molecule is Cc1nc([N+]2(C(N)=O)CCC[C@H]2C(N)=O)sc1-c1ccnc(C(C)(C)C(F)(F)F)c1. The molecule has 1 fully saturated rings. The molecule has 1 saturated heterocycles.